The number of ether oxygens (including phenoxy) is 1. The van der Waals surface area contributed by atoms with Gasteiger partial charge in [-0.1, -0.05) is 23.7 Å². The van der Waals surface area contributed by atoms with Gasteiger partial charge in [-0.25, -0.2) is 0 Å². The molecule has 2 aromatic rings. The van der Waals surface area contributed by atoms with Gasteiger partial charge >= 0.3 is 0 Å². The number of rotatable bonds is 5. The number of nitro benzene ring substituents is 1. The largest absolute Gasteiger partial charge is 0.371 e. The fourth-order valence-corrected chi connectivity index (χ4v) is 4.36. The monoisotopic (exact) mass is 415 g/mol. The first-order chi connectivity index (χ1) is 14.1. The van der Waals surface area contributed by atoms with Gasteiger partial charge in [0.05, 0.1) is 11.5 Å². The highest BCUT2D eigenvalue weighted by Gasteiger charge is 2.30. The van der Waals surface area contributed by atoms with Crippen LogP contribution in [0.5, 0.6) is 0 Å². The quantitative estimate of drug-likeness (QED) is 0.498. The average molecular weight is 416 g/mol. The average Bonchev–Trinajstić information content (AvgIpc) is 2.76. The van der Waals surface area contributed by atoms with E-state index in [0.717, 1.165) is 55.7 Å². The zero-order valence-electron chi connectivity index (χ0n) is 16.4. The van der Waals surface area contributed by atoms with Crippen molar-refractivity contribution < 1.29 is 9.66 Å². The summed E-state index contributed by atoms with van der Waals surface area (Å²) >= 11 is 6.03. The number of non-ortho nitro benzene ring substituents is 1. The molecule has 7 heteroatoms. The fraction of sp³-hybridized carbons (Fsp3) is 0.455. The molecule has 0 aromatic heterocycles. The lowest BCUT2D eigenvalue weighted by Crippen LogP contribution is -2.38. The number of benzene rings is 2. The summed E-state index contributed by atoms with van der Waals surface area (Å²) in [5, 5.41) is 12.2. The van der Waals surface area contributed by atoms with Gasteiger partial charge in [-0.2, -0.15) is 0 Å². The third kappa shape index (κ3) is 4.71. The lowest BCUT2D eigenvalue weighted by molar-refractivity contribution is -0.385. The van der Waals surface area contributed by atoms with Gasteiger partial charge in [0.2, 0.25) is 0 Å². The van der Waals surface area contributed by atoms with Crippen LogP contribution in [0, 0.1) is 10.1 Å². The number of halogens is 1. The second-order valence-corrected chi connectivity index (χ2v) is 8.16. The van der Waals surface area contributed by atoms with Gasteiger partial charge in [0.15, 0.2) is 0 Å². The van der Waals surface area contributed by atoms with Crippen molar-refractivity contribution >= 4 is 23.0 Å². The zero-order chi connectivity index (χ0) is 20.2. The molecule has 6 nitrogen and oxygen atoms in total. The van der Waals surface area contributed by atoms with Crippen molar-refractivity contribution in [3.63, 3.8) is 0 Å². The third-order valence-corrected chi connectivity index (χ3v) is 5.93. The summed E-state index contributed by atoms with van der Waals surface area (Å²) in [6, 6.07) is 13.0. The Kier molecular flexibility index (Phi) is 6.33. The van der Waals surface area contributed by atoms with Crippen molar-refractivity contribution in [1.29, 1.82) is 0 Å². The Morgan fingerprint density at radius 2 is 1.79 bits per heavy atom. The van der Waals surface area contributed by atoms with Crippen LogP contribution < -0.4 is 4.90 Å². The normalized spacial score (nSPS) is 20.6. The van der Waals surface area contributed by atoms with Gasteiger partial charge in [0.25, 0.3) is 5.69 Å². The maximum atomic E-state index is 11.5. The van der Waals surface area contributed by atoms with Crippen molar-refractivity contribution in [3.8, 4) is 0 Å². The van der Waals surface area contributed by atoms with Crippen molar-refractivity contribution in [2.75, 3.05) is 31.1 Å². The first-order valence-electron chi connectivity index (χ1n) is 10.3. The molecule has 0 amide bonds. The molecule has 2 heterocycles. The summed E-state index contributed by atoms with van der Waals surface area (Å²) in [5.74, 6) is 0. The molecular weight excluding hydrogens is 390 g/mol. The first kappa shape index (κ1) is 20.1. The molecule has 0 radical (unpaired) electrons. The predicted molar refractivity (Wildman–Crippen MR) is 114 cm³/mol. The van der Waals surface area contributed by atoms with Crippen LogP contribution in [-0.2, 0) is 11.3 Å². The SMILES string of the molecule is O=[N+]([O-])c1ccc(N2CCCCC2)c([C@H]2OCCCN2Cc2ccc(Cl)cc2)c1. The summed E-state index contributed by atoms with van der Waals surface area (Å²) in [4.78, 5) is 15.7. The molecule has 29 heavy (non-hydrogen) atoms. The van der Waals surface area contributed by atoms with Crippen LogP contribution in [0.1, 0.15) is 43.0 Å². The first-order valence-corrected chi connectivity index (χ1v) is 10.6. The minimum atomic E-state index is -0.324. The van der Waals surface area contributed by atoms with E-state index in [-0.39, 0.29) is 16.8 Å². The predicted octanol–water partition coefficient (Wildman–Crippen LogP) is 5.16. The van der Waals surface area contributed by atoms with E-state index in [1.807, 2.05) is 30.3 Å². The minimum absolute atomic E-state index is 0.112. The highest BCUT2D eigenvalue weighted by atomic mass is 35.5. The Balaban J connectivity index is 1.67. The molecule has 4 rings (SSSR count). The Morgan fingerprint density at radius 3 is 2.52 bits per heavy atom. The molecule has 0 bridgehead atoms. The Hall–Kier alpha value is -2.15. The molecule has 2 aromatic carbocycles. The second kappa shape index (κ2) is 9.11. The lowest BCUT2D eigenvalue weighted by atomic mass is 10.0. The van der Waals surface area contributed by atoms with Gasteiger partial charge in [-0.3, -0.25) is 15.0 Å². The zero-order valence-corrected chi connectivity index (χ0v) is 17.2. The van der Waals surface area contributed by atoms with Crippen LogP contribution in [-0.4, -0.2) is 36.1 Å². The summed E-state index contributed by atoms with van der Waals surface area (Å²) in [6.45, 7) is 4.22. The molecular formula is C22H26ClN3O3. The third-order valence-electron chi connectivity index (χ3n) is 5.68. The van der Waals surface area contributed by atoms with Crippen LogP contribution in [0.15, 0.2) is 42.5 Å². The molecule has 0 saturated carbocycles. The molecule has 2 aliphatic rings. The van der Waals surface area contributed by atoms with E-state index in [4.69, 9.17) is 16.3 Å². The number of anilines is 1. The topological polar surface area (TPSA) is 58.9 Å². The van der Waals surface area contributed by atoms with E-state index in [1.165, 1.54) is 6.42 Å². The number of nitrogens with zero attached hydrogens (tertiary/aromatic N) is 3. The van der Waals surface area contributed by atoms with Gasteiger partial charge in [-0.15, -0.1) is 0 Å². The van der Waals surface area contributed by atoms with Crippen molar-refractivity contribution in [1.82, 2.24) is 4.90 Å². The van der Waals surface area contributed by atoms with E-state index >= 15 is 0 Å². The molecule has 0 N–H and O–H groups in total. The van der Waals surface area contributed by atoms with Crippen LogP contribution in [0.3, 0.4) is 0 Å². The number of hydrogen-bond acceptors (Lipinski definition) is 5. The van der Waals surface area contributed by atoms with E-state index in [9.17, 15) is 10.1 Å². The van der Waals surface area contributed by atoms with Gasteiger partial charge < -0.3 is 9.64 Å². The highest BCUT2D eigenvalue weighted by Crippen LogP contribution is 2.37. The molecule has 1 atom stereocenters. The second-order valence-electron chi connectivity index (χ2n) is 7.72. The van der Waals surface area contributed by atoms with Crippen LogP contribution in [0.2, 0.25) is 5.02 Å². The summed E-state index contributed by atoms with van der Waals surface area (Å²) < 4.78 is 6.19. The molecule has 154 valence electrons. The van der Waals surface area contributed by atoms with Crippen molar-refractivity contribution in [3.05, 3.63) is 68.7 Å². The van der Waals surface area contributed by atoms with E-state index in [0.29, 0.717) is 18.2 Å². The maximum absolute atomic E-state index is 11.5. The van der Waals surface area contributed by atoms with Crippen molar-refractivity contribution in [2.24, 2.45) is 0 Å². The van der Waals surface area contributed by atoms with Crippen molar-refractivity contribution in [2.45, 2.75) is 38.5 Å². The molecule has 0 unspecified atom stereocenters. The molecule has 0 aliphatic carbocycles. The molecule has 2 aliphatic heterocycles. The van der Waals surface area contributed by atoms with Crippen LogP contribution in [0.4, 0.5) is 11.4 Å². The van der Waals surface area contributed by atoms with Gasteiger partial charge in [0, 0.05) is 54.6 Å². The van der Waals surface area contributed by atoms with Crippen LogP contribution >= 0.6 is 11.6 Å². The van der Waals surface area contributed by atoms with E-state index < -0.39 is 0 Å². The van der Waals surface area contributed by atoms with Gasteiger partial charge in [-0.05, 0) is 49.4 Å². The lowest BCUT2D eigenvalue weighted by Gasteiger charge is -2.39. The standard InChI is InChI=1S/C22H26ClN3O3/c23-18-7-5-17(6-8-18)16-25-13-4-14-29-22(25)20-15-19(26(27)28)9-10-21(20)24-11-2-1-3-12-24/h5-10,15,22H,1-4,11-14,16H2/t22-/m1/s1. The molecule has 0 spiro atoms. The maximum Gasteiger partial charge on any atom is 0.270 e. The van der Waals surface area contributed by atoms with E-state index in [1.54, 1.807) is 12.1 Å². The fourth-order valence-electron chi connectivity index (χ4n) is 4.23. The highest BCUT2D eigenvalue weighted by molar-refractivity contribution is 6.30. The van der Waals surface area contributed by atoms with E-state index in [2.05, 4.69) is 9.80 Å². The summed E-state index contributed by atoms with van der Waals surface area (Å²) in [6.07, 6.45) is 4.18. The summed E-state index contributed by atoms with van der Waals surface area (Å²) in [5.41, 5.74) is 3.22. The minimum Gasteiger partial charge on any atom is -0.371 e. The smallest absolute Gasteiger partial charge is 0.270 e. The Labute approximate surface area is 176 Å². The Morgan fingerprint density at radius 1 is 1.03 bits per heavy atom. The molecule has 2 saturated heterocycles. The van der Waals surface area contributed by atoms with Gasteiger partial charge in [0.1, 0.15) is 6.23 Å². The number of hydrogen-bond donors (Lipinski definition) is 0. The number of piperidine rings is 1. The Bertz CT molecular complexity index is 853. The number of nitro groups is 1. The molecule has 2 fully saturated rings. The summed E-state index contributed by atoms with van der Waals surface area (Å²) in [7, 11) is 0. The van der Waals surface area contributed by atoms with Crippen LogP contribution in [0.25, 0.3) is 0 Å².